The number of aromatic nitrogens is 1. The number of methoxy groups -OCH3 is 1. The largest absolute Gasteiger partial charge is 0.497 e. The zero-order chi connectivity index (χ0) is 14.1. The fourth-order valence-corrected chi connectivity index (χ4v) is 2.12. The van der Waals surface area contributed by atoms with Crippen molar-refractivity contribution in [1.29, 1.82) is 0 Å². The molecular weight excluding hydrogens is 256 g/mol. The van der Waals surface area contributed by atoms with Crippen LogP contribution in [-0.4, -0.2) is 12.3 Å². The van der Waals surface area contributed by atoms with E-state index in [0.29, 0.717) is 22.9 Å². The Morgan fingerprint density at radius 2 is 2.05 bits per heavy atom. The van der Waals surface area contributed by atoms with E-state index in [-0.39, 0.29) is 0 Å². The molecule has 5 heteroatoms. The maximum absolute atomic E-state index is 5.93. The van der Waals surface area contributed by atoms with Gasteiger partial charge in [0.15, 0.2) is 11.6 Å². The van der Waals surface area contributed by atoms with Gasteiger partial charge in [-0.2, -0.15) is 0 Å². The molecule has 0 fully saturated rings. The maximum Gasteiger partial charge on any atom is 0.212 e. The van der Waals surface area contributed by atoms with Crippen molar-refractivity contribution in [1.82, 2.24) is 5.16 Å². The van der Waals surface area contributed by atoms with Crippen LogP contribution in [0.1, 0.15) is 5.56 Å². The van der Waals surface area contributed by atoms with Gasteiger partial charge in [0.1, 0.15) is 5.75 Å². The Balaban J connectivity index is 2.19. The molecule has 0 radical (unpaired) electrons. The Labute approximate surface area is 115 Å². The lowest BCUT2D eigenvalue weighted by atomic mass is 10.0. The molecule has 0 aliphatic rings. The van der Waals surface area contributed by atoms with Crippen LogP contribution in [0.15, 0.2) is 45.5 Å². The van der Waals surface area contributed by atoms with Crippen molar-refractivity contribution < 1.29 is 13.7 Å². The summed E-state index contributed by atoms with van der Waals surface area (Å²) in [5, 5.41) is 3.85. The lowest BCUT2D eigenvalue weighted by Gasteiger charge is -2.04. The van der Waals surface area contributed by atoms with Gasteiger partial charge in [0.25, 0.3) is 0 Å². The molecule has 2 N–H and O–H groups in total. The van der Waals surface area contributed by atoms with Crippen molar-refractivity contribution in [2.45, 2.75) is 6.92 Å². The van der Waals surface area contributed by atoms with Crippen LogP contribution >= 0.6 is 0 Å². The fourth-order valence-electron chi connectivity index (χ4n) is 2.12. The molecule has 0 bridgehead atoms. The highest BCUT2D eigenvalue weighted by molar-refractivity contribution is 5.86. The highest BCUT2D eigenvalue weighted by atomic mass is 16.5. The van der Waals surface area contributed by atoms with Crippen molar-refractivity contribution in [2.24, 2.45) is 0 Å². The number of nitrogens with zero attached hydrogens (tertiary/aromatic N) is 1. The average Bonchev–Trinajstić information content (AvgIpc) is 3.04. The first-order chi connectivity index (χ1) is 9.70. The molecule has 2 heterocycles. The van der Waals surface area contributed by atoms with E-state index >= 15 is 0 Å². The zero-order valence-corrected chi connectivity index (χ0v) is 11.2. The third-order valence-electron chi connectivity index (χ3n) is 3.15. The van der Waals surface area contributed by atoms with Gasteiger partial charge in [0, 0.05) is 0 Å². The third kappa shape index (κ3) is 1.93. The van der Waals surface area contributed by atoms with Gasteiger partial charge in [-0.25, -0.2) is 0 Å². The molecule has 0 aliphatic carbocycles. The quantitative estimate of drug-likeness (QED) is 0.788. The number of anilines is 1. The summed E-state index contributed by atoms with van der Waals surface area (Å²) in [5.41, 5.74) is 8.48. The normalized spacial score (nSPS) is 10.7. The number of ether oxygens (including phenoxy) is 1. The van der Waals surface area contributed by atoms with Gasteiger partial charge in [0.2, 0.25) is 5.76 Å². The lowest BCUT2D eigenvalue weighted by Crippen LogP contribution is -1.90. The van der Waals surface area contributed by atoms with Gasteiger partial charge in [-0.05, 0) is 36.2 Å². The molecule has 0 unspecified atom stereocenters. The highest BCUT2D eigenvalue weighted by Crippen LogP contribution is 2.39. The molecule has 20 heavy (non-hydrogen) atoms. The summed E-state index contributed by atoms with van der Waals surface area (Å²) in [6, 6.07) is 9.42. The number of nitrogens with two attached hydrogens (primary N) is 1. The van der Waals surface area contributed by atoms with E-state index in [1.165, 1.54) is 0 Å². The second kappa shape index (κ2) is 4.77. The van der Waals surface area contributed by atoms with Crippen molar-refractivity contribution in [3.63, 3.8) is 0 Å². The average molecular weight is 270 g/mol. The number of nitrogen functional groups attached to an aromatic ring is 1. The standard InChI is InChI=1S/C15H14N2O3/c1-9-6-7-19-13(9)14-12(15(16)17-20-14)10-4-3-5-11(8-10)18-2/h3-8H,1-2H3,(H2,16,17). The molecule has 0 aliphatic heterocycles. The van der Waals surface area contributed by atoms with Crippen LogP contribution < -0.4 is 10.5 Å². The molecular formula is C15H14N2O3. The van der Waals surface area contributed by atoms with Gasteiger partial charge in [-0.3, -0.25) is 0 Å². The summed E-state index contributed by atoms with van der Waals surface area (Å²) in [6.45, 7) is 1.94. The monoisotopic (exact) mass is 270 g/mol. The van der Waals surface area contributed by atoms with Crippen LogP contribution in [0.4, 0.5) is 5.82 Å². The Kier molecular flexibility index (Phi) is 2.95. The van der Waals surface area contributed by atoms with E-state index in [1.807, 2.05) is 37.3 Å². The predicted molar refractivity (Wildman–Crippen MR) is 75.3 cm³/mol. The molecule has 102 valence electrons. The minimum atomic E-state index is 0.323. The van der Waals surface area contributed by atoms with E-state index in [2.05, 4.69) is 5.16 Å². The van der Waals surface area contributed by atoms with Crippen LogP contribution in [0.25, 0.3) is 22.6 Å². The van der Waals surface area contributed by atoms with E-state index in [0.717, 1.165) is 16.9 Å². The molecule has 0 saturated carbocycles. The van der Waals surface area contributed by atoms with E-state index < -0.39 is 0 Å². The zero-order valence-electron chi connectivity index (χ0n) is 11.2. The van der Waals surface area contributed by atoms with Crippen molar-refractivity contribution in [3.8, 4) is 28.4 Å². The Hall–Kier alpha value is -2.69. The number of hydrogen-bond donors (Lipinski definition) is 1. The van der Waals surface area contributed by atoms with E-state index in [1.54, 1.807) is 13.4 Å². The molecule has 0 saturated heterocycles. The van der Waals surface area contributed by atoms with Crippen LogP contribution in [0.5, 0.6) is 5.75 Å². The molecule has 5 nitrogen and oxygen atoms in total. The second-order valence-corrected chi connectivity index (χ2v) is 4.44. The first-order valence-electron chi connectivity index (χ1n) is 6.14. The number of hydrogen-bond acceptors (Lipinski definition) is 5. The summed E-state index contributed by atoms with van der Waals surface area (Å²) in [7, 11) is 1.62. The summed E-state index contributed by atoms with van der Waals surface area (Å²) < 4.78 is 16.0. The van der Waals surface area contributed by atoms with Crippen LogP contribution in [-0.2, 0) is 0 Å². The van der Waals surface area contributed by atoms with Crippen LogP contribution in [0.2, 0.25) is 0 Å². The van der Waals surface area contributed by atoms with E-state index in [4.69, 9.17) is 19.4 Å². The topological polar surface area (TPSA) is 74.4 Å². The Morgan fingerprint density at radius 1 is 1.20 bits per heavy atom. The van der Waals surface area contributed by atoms with Gasteiger partial charge in [-0.15, -0.1) is 0 Å². The summed E-state index contributed by atoms with van der Waals surface area (Å²) >= 11 is 0. The first-order valence-corrected chi connectivity index (χ1v) is 6.14. The smallest absolute Gasteiger partial charge is 0.212 e. The molecule has 0 spiro atoms. The van der Waals surface area contributed by atoms with Gasteiger partial charge in [-0.1, -0.05) is 17.3 Å². The van der Waals surface area contributed by atoms with Gasteiger partial charge >= 0.3 is 0 Å². The third-order valence-corrected chi connectivity index (χ3v) is 3.15. The SMILES string of the molecule is COc1cccc(-c2c(N)noc2-c2occc2C)c1. The van der Waals surface area contributed by atoms with Crippen molar-refractivity contribution >= 4 is 5.82 Å². The van der Waals surface area contributed by atoms with Crippen LogP contribution in [0.3, 0.4) is 0 Å². The lowest BCUT2D eigenvalue weighted by molar-refractivity contribution is 0.415. The maximum atomic E-state index is 5.93. The predicted octanol–water partition coefficient (Wildman–Crippen LogP) is 3.50. The molecule has 1 aromatic carbocycles. The molecule has 0 amide bonds. The second-order valence-electron chi connectivity index (χ2n) is 4.44. The van der Waals surface area contributed by atoms with Crippen LogP contribution in [0, 0.1) is 6.92 Å². The van der Waals surface area contributed by atoms with Gasteiger partial charge in [0.05, 0.1) is 18.9 Å². The molecule has 2 aromatic heterocycles. The van der Waals surface area contributed by atoms with Crippen molar-refractivity contribution in [3.05, 3.63) is 42.2 Å². The Bertz CT molecular complexity index is 743. The number of benzene rings is 1. The summed E-state index contributed by atoms with van der Waals surface area (Å²) in [4.78, 5) is 0. The van der Waals surface area contributed by atoms with Crippen molar-refractivity contribution in [2.75, 3.05) is 12.8 Å². The Morgan fingerprint density at radius 3 is 2.75 bits per heavy atom. The summed E-state index contributed by atoms with van der Waals surface area (Å²) in [5.74, 6) is 2.22. The number of aryl methyl sites for hydroxylation is 1. The highest BCUT2D eigenvalue weighted by Gasteiger charge is 2.21. The van der Waals surface area contributed by atoms with E-state index in [9.17, 15) is 0 Å². The molecule has 3 rings (SSSR count). The van der Waals surface area contributed by atoms with Gasteiger partial charge < -0.3 is 19.4 Å². The fraction of sp³-hybridized carbons (Fsp3) is 0.133. The molecule has 3 aromatic rings. The number of furan rings is 1. The molecule has 0 atom stereocenters. The first kappa shape index (κ1) is 12.3. The minimum Gasteiger partial charge on any atom is -0.497 e. The number of rotatable bonds is 3. The minimum absolute atomic E-state index is 0.323. The summed E-state index contributed by atoms with van der Waals surface area (Å²) in [6.07, 6.45) is 1.61.